The van der Waals surface area contributed by atoms with Crippen LogP contribution in [0, 0.1) is 13.8 Å². The summed E-state index contributed by atoms with van der Waals surface area (Å²) in [6.45, 7) is 3.58. The number of alkyl carbamates (subject to hydrolysis) is 1. The Morgan fingerprint density at radius 3 is 2.30 bits per heavy atom. The van der Waals surface area contributed by atoms with Gasteiger partial charge in [-0.1, -0.05) is 24.3 Å². The standard InChI is InChI=1S/C22H20N2O5S/c1-13-14(2)30-21(18(13)20(26)24-22(27)28-3)23-19(25)15-8-7-11-17(12-15)29-16-9-5-4-6-10-16/h4-12H,1-3H3,(H,23,25)(H,24,26,27). The molecule has 0 aliphatic carbocycles. The Balaban J connectivity index is 1.81. The molecule has 3 rings (SSSR count). The van der Waals surface area contributed by atoms with Gasteiger partial charge in [0.15, 0.2) is 0 Å². The first-order valence-electron chi connectivity index (χ1n) is 9.02. The van der Waals surface area contributed by atoms with Gasteiger partial charge in [-0.3, -0.25) is 14.9 Å². The predicted octanol–water partition coefficient (Wildman–Crippen LogP) is 4.91. The minimum Gasteiger partial charge on any atom is -0.457 e. The van der Waals surface area contributed by atoms with Gasteiger partial charge in [0.2, 0.25) is 0 Å². The second kappa shape index (κ2) is 9.23. The van der Waals surface area contributed by atoms with E-state index in [1.807, 2.05) is 37.3 Å². The first-order chi connectivity index (χ1) is 14.4. The van der Waals surface area contributed by atoms with Crippen molar-refractivity contribution >= 4 is 34.2 Å². The van der Waals surface area contributed by atoms with Crippen LogP contribution in [0.25, 0.3) is 0 Å². The van der Waals surface area contributed by atoms with E-state index in [-0.39, 0.29) is 5.56 Å². The zero-order valence-electron chi connectivity index (χ0n) is 16.6. The number of ether oxygens (including phenoxy) is 2. The van der Waals surface area contributed by atoms with E-state index in [0.717, 1.165) is 4.88 Å². The summed E-state index contributed by atoms with van der Waals surface area (Å²) in [7, 11) is 1.17. The second-order valence-electron chi connectivity index (χ2n) is 6.33. The topological polar surface area (TPSA) is 93.7 Å². The van der Waals surface area contributed by atoms with Gasteiger partial charge in [0, 0.05) is 10.4 Å². The van der Waals surface area contributed by atoms with Crippen LogP contribution in [0.4, 0.5) is 9.80 Å². The number of aryl methyl sites for hydroxylation is 1. The second-order valence-corrected chi connectivity index (χ2v) is 7.55. The fourth-order valence-electron chi connectivity index (χ4n) is 2.70. The number of imide groups is 1. The van der Waals surface area contributed by atoms with Gasteiger partial charge in [0.25, 0.3) is 11.8 Å². The zero-order chi connectivity index (χ0) is 21.7. The average Bonchev–Trinajstić information content (AvgIpc) is 3.02. The first kappa shape index (κ1) is 21.1. The van der Waals surface area contributed by atoms with Crippen molar-refractivity contribution in [3.8, 4) is 11.5 Å². The van der Waals surface area contributed by atoms with Crippen LogP contribution < -0.4 is 15.4 Å². The molecule has 0 unspecified atom stereocenters. The quantitative estimate of drug-likeness (QED) is 0.607. The molecule has 3 aromatic rings. The number of amides is 3. The maximum atomic E-state index is 12.8. The molecule has 0 spiro atoms. The Bertz CT molecular complexity index is 1090. The molecule has 2 N–H and O–H groups in total. The molecule has 154 valence electrons. The summed E-state index contributed by atoms with van der Waals surface area (Å²) in [4.78, 5) is 37.5. The van der Waals surface area contributed by atoms with Crippen molar-refractivity contribution in [2.45, 2.75) is 13.8 Å². The zero-order valence-corrected chi connectivity index (χ0v) is 17.5. The third kappa shape index (κ3) is 4.84. The molecule has 0 saturated heterocycles. The molecule has 0 radical (unpaired) electrons. The third-order valence-corrected chi connectivity index (χ3v) is 5.44. The maximum absolute atomic E-state index is 12.8. The van der Waals surface area contributed by atoms with Crippen molar-refractivity contribution in [2.75, 3.05) is 12.4 Å². The number of benzene rings is 2. The van der Waals surface area contributed by atoms with E-state index in [1.165, 1.54) is 18.4 Å². The summed E-state index contributed by atoms with van der Waals surface area (Å²) in [5, 5.41) is 5.24. The highest BCUT2D eigenvalue weighted by atomic mass is 32.1. The number of hydrogen-bond acceptors (Lipinski definition) is 6. The number of thiophene rings is 1. The highest BCUT2D eigenvalue weighted by Crippen LogP contribution is 2.33. The number of anilines is 1. The van der Waals surface area contributed by atoms with Gasteiger partial charge in [-0.25, -0.2) is 4.79 Å². The van der Waals surface area contributed by atoms with Crippen molar-refractivity contribution < 1.29 is 23.9 Å². The van der Waals surface area contributed by atoms with E-state index in [0.29, 0.717) is 27.6 Å². The Morgan fingerprint density at radius 2 is 1.60 bits per heavy atom. The van der Waals surface area contributed by atoms with E-state index in [9.17, 15) is 14.4 Å². The molecule has 0 bridgehead atoms. The van der Waals surface area contributed by atoms with E-state index in [1.54, 1.807) is 31.2 Å². The smallest absolute Gasteiger partial charge is 0.413 e. The number of carbonyl (C=O) groups excluding carboxylic acids is 3. The molecule has 30 heavy (non-hydrogen) atoms. The minimum absolute atomic E-state index is 0.230. The summed E-state index contributed by atoms with van der Waals surface area (Å²) in [5.41, 5.74) is 1.28. The van der Waals surface area contributed by atoms with Crippen molar-refractivity contribution in [3.63, 3.8) is 0 Å². The van der Waals surface area contributed by atoms with Crippen LogP contribution in [-0.4, -0.2) is 25.0 Å². The Kier molecular flexibility index (Phi) is 6.48. The van der Waals surface area contributed by atoms with Crippen LogP contribution in [0.1, 0.15) is 31.2 Å². The molecule has 0 aliphatic rings. The highest BCUT2D eigenvalue weighted by Gasteiger charge is 2.23. The Hall–Kier alpha value is -3.65. The van der Waals surface area contributed by atoms with Gasteiger partial charge in [0.05, 0.1) is 12.7 Å². The predicted molar refractivity (Wildman–Crippen MR) is 115 cm³/mol. The van der Waals surface area contributed by atoms with Gasteiger partial charge in [-0.2, -0.15) is 0 Å². The normalized spacial score (nSPS) is 10.2. The largest absolute Gasteiger partial charge is 0.457 e. The molecule has 0 fully saturated rings. The molecule has 2 aromatic carbocycles. The lowest BCUT2D eigenvalue weighted by atomic mass is 10.1. The van der Waals surface area contributed by atoms with Crippen molar-refractivity contribution in [3.05, 3.63) is 76.2 Å². The molecule has 3 amide bonds. The van der Waals surface area contributed by atoms with Crippen LogP contribution in [0.15, 0.2) is 54.6 Å². The van der Waals surface area contributed by atoms with E-state index >= 15 is 0 Å². The molecule has 7 nitrogen and oxygen atoms in total. The van der Waals surface area contributed by atoms with Crippen molar-refractivity contribution in [1.82, 2.24) is 5.32 Å². The summed E-state index contributed by atoms with van der Waals surface area (Å²) in [6.07, 6.45) is -0.869. The number of methoxy groups -OCH3 is 1. The van der Waals surface area contributed by atoms with E-state index in [2.05, 4.69) is 15.4 Å². The minimum atomic E-state index is -0.869. The number of nitrogens with one attached hydrogen (secondary N) is 2. The van der Waals surface area contributed by atoms with Crippen LogP contribution in [0.3, 0.4) is 0 Å². The lowest BCUT2D eigenvalue weighted by molar-refractivity contribution is 0.0937. The molecule has 0 atom stereocenters. The number of carbonyl (C=O) groups is 3. The SMILES string of the molecule is COC(=O)NC(=O)c1c(NC(=O)c2cccc(Oc3ccccc3)c2)sc(C)c1C. The van der Waals surface area contributed by atoms with Crippen LogP contribution in [-0.2, 0) is 4.74 Å². The maximum Gasteiger partial charge on any atom is 0.413 e. The monoisotopic (exact) mass is 424 g/mol. The first-order valence-corrected chi connectivity index (χ1v) is 9.84. The lowest BCUT2D eigenvalue weighted by Crippen LogP contribution is -2.31. The summed E-state index contributed by atoms with van der Waals surface area (Å²) >= 11 is 1.26. The molecule has 8 heteroatoms. The number of para-hydroxylation sites is 1. The number of hydrogen-bond donors (Lipinski definition) is 2. The van der Waals surface area contributed by atoms with Crippen LogP contribution in [0.5, 0.6) is 11.5 Å². The molecule has 0 saturated carbocycles. The Labute approximate surface area is 177 Å². The van der Waals surface area contributed by atoms with Gasteiger partial charge in [-0.05, 0) is 49.7 Å². The number of rotatable bonds is 5. The lowest BCUT2D eigenvalue weighted by Gasteiger charge is -2.09. The highest BCUT2D eigenvalue weighted by molar-refractivity contribution is 7.16. The fourth-order valence-corrected chi connectivity index (χ4v) is 3.75. The Morgan fingerprint density at radius 1 is 0.900 bits per heavy atom. The van der Waals surface area contributed by atoms with Crippen LogP contribution in [0.2, 0.25) is 0 Å². The fraction of sp³-hybridized carbons (Fsp3) is 0.136. The van der Waals surface area contributed by atoms with Gasteiger partial charge < -0.3 is 14.8 Å². The van der Waals surface area contributed by atoms with Crippen molar-refractivity contribution in [1.29, 1.82) is 0 Å². The van der Waals surface area contributed by atoms with Crippen molar-refractivity contribution in [2.24, 2.45) is 0 Å². The third-order valence-electron chi connectivity index (χ3n) is 4.32. The van der Waals surface area contributed by atoms with Crippen LogP contribution >= 0.6 is 11.3 Å². The average molecular weight is 424 g/mol. The summed E-state index contributed by atoms with van der Waals surface area (Å²) in [6, 6.07) is 15.9. The van der Waals surface area contributed by atoms with Gasteiger partial charge in [-0.15, -0.1) is 11.3 Å². The molecule has 1 heterocycles. The summed E-state index contributed by atoms with van der Waals surface area (Å²) in [5.74, 6) is 0.124. The molecular formula is C22H20N2O5S. The van der Waals surface area contributed by atoms with Gasteiger partial charge in [0.1, 0.15) is 16.5 Å². The summed E-state index contributed by atoms with van der Waals surface area (Å²) < 4.78 is 10.2. The van der Waals surface area contributed by atoms with E-state index in [4.69, 9.17) is 4.74 Å². The molecule has 0 aliphatic heterocycles. The molecular weight excluding hydrogens is 404 g/mol. The van der Waals surface area contributed by atoms with Gasteiger partial charge >= 0.3 is 6.09 Å². The van der Waals surface area contributed by atoms with E-state index < -0.39 is 17.9 Å². The molecule has 1 aromatic heterocycles.